The van der Waals surface area contributed by atoms with Crippen molar-refractivity contribution < 1.29 is 4.79 Å². The summed E-state index contributed by atoms with van der Waals surface area (Å²) in [5.74, 6) is 0.153. The van der Waals surface area contributed by atoms with Crippen LogP contribution in [0.5, 0.6) is 0 Å². The molecule has 0 aromatic carbocycles. The molecule has 2 fully saturated rings. The van der Waals surface area contributed by atoms with Gasteiger partial charge in [0.2, 0.25) is 0 Å². The number of aromatic nitrogens is 1. The smallest absolute Gasteiger partial charge is 0.253 e. The molecule has 1 aromatic rings. The van der Waals surface area contributed by atoms with Crippen LogP contribution < -0.4 is 0 Å². The molecule has 4 heteroatoms. The number of carbonyl (C=O) groups excluding carboxylic acids is 1. The standard InChI is InChI=1S/C16H23N3O/c1-18-11-3-2-6-16(18)7-12-19(13-8-16)15(20)14-4-9-17-10-5-14/h4-5,9-10H,2-3,6-8,11-13H2,1H3. The maximum absolute atomic E-state index is 12.4. The molecule has 1 spiro atoms. The van der Waals surface area contributed by atoms with Crippen LogP contribution in [0, 0.1) is 0 Å². The lowest BCUT2D eigenvalue weighted by atomic mass is 9.79. The van der Waals surface area contributed by atoms with E-state index in [4.69, 9.17) is 0 Å². The van der Waals surface area contributed by atoms with Crippen LogP contribution >= 0.6 is 0 Å². The Balaban J connectivity index is 1.65. The van der Waals surface area contributed by atoms with Crippen LogP contribution in [0.1, 0.15) is 42.5 Å². The Kier molecular flexibility index (Phi) is 3.74. The molecular formula is C16H23N3O. The summed E-state index contributed by atoms with van der Waals surface area (Å²) in [6.07, 6.45) is 9.54. The minimum Gasteiger partial charge on any atom is -0.339 e. The second kappa shape index (κ2) is 5.52. The number of piperidine rings is 2. The van der Waals surface area contributed by atoms with Gasteiger partial charge in [-0.25, -0.2) is 0 Å². The molecule has 3 heterocycles. The van der Waals surface area contributed by atoms with Crippen LogP contribution in [0.4, 0.5) is 0 Å². The first-order chi connectivity index (χ1) is 9.71. The van der Waals surface area contributed by atoms with Gasteiger partial charge in [0.15, 0.2) is 0 Å². The number of rotatable bonds is 1. The highest BCUT2D eigenvalue weighted by atomic mass is 16.2. The first-order valence-corrected chi connectivity index (χ1v) is 7.62. The molecule has 0 aliphatic carbocycles. The van der Waals surface area contributed by atoms with E-state index in [0.29, 0.717) is 5.54 Å². The molecule has 0 atom stereocenters. The summed E-state index contributed by atoms with van der Waals surface area (Å²) < 4.78 is 0. The topological polar surface area (TPSA) is 36.4 Å². The molecule has 1 amide bonds. The quantitative estimate of drug-likeness (QED) is 0.787. The van der Waals surface area contributed by atoms with E-state index in [9.17, 15) is 4.79 Å². The van der Waals surface area contributed by atoms with Crippen molar-refractivity contribution in [1.82, 2.24) is 14.8 Å². The van der Waals surface area contributed by atoms with E-state index in [0.717, 1.165) is 31.5 Å². The average molecular weight is 273 g/mol. The summed E-state index contributed by atoms with van der Waals surface area (Å²) in [5.41, 5.74) is 1.11. The summed E-state index contributed by atoms with van der Waals surface area (Å²) in [6, 6.07) is 3.61. The van der Waals surface area contributed by atoms with Crippen molar-refractivity contribution >= 4 is 5.91 Å². The van der Waals surface area contributed by atoms with Gasteiger partial charge in [0.1, 0.15) is 0 Å². The highest BCUT2D eigenvalue weighted by molar-refractivity contribution is 5.94. The van der Waals surface area contributed by atoms with Crippen molar-refractivity contribution in [1.29, 1.82) is 0 Å². The lowest BCUT2D eigenvalue weighted by Crippen LogP contribution is -2.56. The monoisotopic (exact) mass is 273 g/mol. The Morgan fingerprint density at radius 3 is 2.45 bits per heavy atom. The summed E-state index contributed by atoms with van der Waals surface area (Å²) in [6.45, 7) is 2.97. The maximum atomic E-state index is 12.4. The van der Waals surface area contributed by atoms with Crippen LogP contribution in [0.15, 0.2) is 24.5 Å². The fourth-order valence-electron chi connectivity index (χ4n) is 3.67. The predicted molar refractivity (Wildman–Crippen MR) is 78.6 cm³/mol. The number of pyridine rings is 1. The van der Waals surface area contributed by atoms with Crippen molar-refractivity contribution in [2.24, 2.45) is 0 Å². The number of hydrogen-bond acceptors (Lipinski definition) is 3. The molecule has 108 valence electrons. The molecule has 0 radical (unpaired) electrons. The third-order valence-corrected chi connectivity index (χ3v) is 5.10. The first-order valence-electron chi connectivity index (χ1n) is 7.62. The molecule has 0 saturated carbocycles. The molecule has 0 N–H and O–H groups in total. The fourth-order valence-corrected chi connectivity index (χ4v) is 3.67. The predicted octanol–water partition coefficient (Wildman–Crippen LogP) is 2.17. The normalized spacial score (nSPS) is 22.9. The molecule has 3 rings (SSSR count). The van der Waals surface area contributed by atoms with Gasteiger partial charge in [0.25, 0.3) is 5.91 Å². The lowest BCUT2D eigenvalue weighted by Gasteiger charge is -2.50. The van der Waals surface area contributed by atoms with Gasteiger partial charge in [0.05, 0.1) is 0 Å². The van der Waals surface area contributed by atoms with Crippen molar-refractivity contribution in [2.45, 2.75) is 37.6 Å². The molecule has 2 saturated heterocycles. The third-order valence-electron chi connectivity index (χ3n) is 5.10. The van der Waals surface area contributed by atoms with Crippen LogP contribution in [-0.2, 0) is 0 Å². The third kappa shape index (κ3) is 2.44. The molecule has 2 aliphatic rings. The Bertz CT molecular complexity index is 466. The summed E-state index contributed by atoms with van der Waals surface area (Å²) in [4.78, 5) is 20.9. The van der Waals surface area contributed by atoms with Gasteiger partial charge < -0.3 is 9.80 Å². The van der Waals surface area contributed by atoms with Crippen molar-refractivity contribution in [3.8, 4) is 0 Å². The Hall–Kier alpha value is -1.42. The van der Waals surface area contributed by atoms with E-state index < -0.39 is 0 Å². The highest BCUT2D eigenvalue weighted by Crippen LogP contribution is 2.36. The van der Waals surface area contributed by atoms with Gasteiger partial charge >= 0.3 is 0 Å². The molecule has 4 nitrogen and oxygen atoms in total. The van der Waals surface area contributed by atoms with E-state index in [1.54, 1.807) is 24.5 Å². The molecule has 2 aliphatic heterocycles. The lowest BCUT2D eigenvalue weighted by molar-refractivity contribution is 0.0111. The second-order valence-electron chi connectivity index (χ2n) is 6.13. The van der Waals surface area contributed by atoms with Crippen LogP contribution in [-0.4, -0.2) is 52.9 Å². The van der Waals surface area contributed by atoms with Gasteiger partial charge in [-0.05, 0) is 51.4 Å². The fraction of sp³-hybridized carbons (Fsp3) is 0.625. The first kappa shape index (κ1) is 13.6. The largest absolute Gasteiger partial charge is 0.339 e. The van der Waals surface area contributed by atoms with Crippen LogP contribution in [0.2, 0.25) is 0 Å². The van der Waals surface area contributed by atoms with Crippen molar-refractivity contribution in [2.75, 3.05) is 26.7 Å². The number of amides is 1. The van der Waals surface area contributed by atoms with E-state index in [2.05, 4.69) is 16.9 Å². The molecule has 1 aromatic heterocycles. The zero-order valence-electron chi connectivity index (χ0n) is 12.2. The van der Waals surface area contributed by atoms with Gasteiger partial charge in [-0.1, -0.05) is 6.42 Å². The number of carbonyl (C=O) groups is 1. The Labute approximate surface area is 120 Å². The highest BCUT2D eigenvalue weighted by Gasteiger charge is 2.40. The number of likely N-dealkylation sites (tertiary alicyclic amines) is 2. The van der Waals surface area contributed by atoms with Crippen LogP contribution in [0.3, 0.4) is 0 Å². The molecule has 0 bridgehead atoms. The SMILES string of the molecule is CN1CCCCC12CCN(C(=O)c1ccncc1)CC2. The summed E-state index contributed by atoms with van der Waals surface area (Å²) in [5, 5.41) is 0. The molecular weight excluding hydrogens is 250 g/mol. The molecule has 20 heavy (non-hydrogen) atoms. The van der Waals surface area contributed by atoms with Gasteiger partial charge in [0, 0.05) is 36.6 Å². The van der Waals surface area contributed by atoms with E-state index in [-0.39, 0.29) is 5.91 Å². The van der Waals surface area contributed by atoms with E-state index in [1.165, 1.54) is 25.8 Å². The van der Waals surface area contributed by atoms with Gasteiger partial charge in [-0.3, -0.25) is 9.78 Å². The zero-order valence-corrected chi connectivity index (χ0v) is 12.2. The van der Waals surface area contributed by atoms with E-state index >= 15 is 0 Å². The van der Waals surface area contributed by atoms with Crippen LogP contribution in [0.25, 0.3) is 0 Å². The second-order valence-corrected chi connectivity index (χ2v) is 6.13. The molecule has 0 unspecified atom stereocenters. The summed E-state index contributed by atoms with van der Waals surface area (Å²) >= 11 is 0. The minimum atomic E-state index is 0.153. The zero-order chi connectivity index (χ0) is 14.0. The number of nitrogens with zero attached hydrogens (tertiary/aromatic N) is 3. The van der Waals surface area contributed by atoms with Crippen molar-refractivity contribution in [3.63, 3.8) is 0 Å². The van der Waals surface area contributed by atoms with E-state index in [1.807, 2.05) is 4.90 Å². The number of hydrogen-bond donors (Lipinski definition) is 0. The Morgan fingerprint density at radius 2 is 1.80 bits per heavy atom. The Morgan fingerprint density at radius 1 is 1.10 bits per heavy atom. The maximum Gasteiger partial charge on any atom is 0.253 e. The van der Waals surface area contributed by atoms with Crippen molar-refractivity contribution in [3.05, 3.63) is 30.1 Å². The summed E-state index contributed by atoms with van der Waals surface area (Å²) in [7, 11) is 2.25. The van der Waals surface area contributed by atoms with Gasteiger partial charge in [-0.2, -0.15) is 0 Å². The van der Waals surface area contributed by atoms with Gasteiger partial charge in [-0.15, -0.1) is 0 Å². The average Bonchev–Trinajstić information content (AvgIpc) is 2.51. The minimum absolute atomic E-state index is 0.153.